The first-order valence-electron chi connectivity index (χ1n) is 9.38. The molecular formula is C23H20N2O4S. The van der Waals surface area contributed by atoms with Gasteiger partial charge in [0.15, 0.2) is 0 Å². The van der Waals surface area contributed by atoms with Gasteiger partial charge in [0, 0.05) is 16.6 Å². The minimum Gasteiger partial charge on any atom is -0.507 e. The van der Waals surface area contributed by atoms with Crippen molar-refractivity contribution in [3.05, 3.63) is 87.4 Å². The van der Waals surface area contributed by atoms with Gasteiger partial charge in [0.1, 0.15) is 17.6 Å². The fourth-order valence-electron chi connectivity index (χ4n) is 3.63. The number of ether oxygens (including phenoxy) is 1. The molecule has 1 atom stereocenters. The molecule has 0 aliphatic carbocycles. The van der Waals surface area contributed by atoms with E-state index in [1.165, 1.54) is 16.2 Å². The Hall–Kier alpha value is -3.45. The number of nitrogens with zero attached hydrogens (tertiary/aromatic N) is 2. The standard InChI is InChI=1S/C23H20N2O4S/c1-14-12-15(29-2)8-9-17(14)21(26)19-20(18-7-3-4-10-24-18)25(23(28)22(19)27)13-16-6-5-11-30-16/h3-12,20,26H,13H2,1-2H3/b21-19-. The lowest BCUT2D eigenvalue weighted by atomic mass is 9.96. The minimum absolute atomic E-state index is 0.0449. The molecule has 1 amide bonds. The monoisotopic (exact) mass is 420 g/mol. The number of aromatic nitrogens is 1. The van der Waals surface area contributed by atoms with Gasteiger partial charge in [-0.1, -0.05) is 12.1 Å². The highest BCUT2D eigenvalue weighted by atomic mass is 32.1. The Bertz CT molecular complexity index is 1120. The SMILES string of the molecule is COc1ccc(/C(O)=C2/C(=O)C(=O)N(Cc3cccs3)C2c2ccccn2)c(C)c1. The zero-order chi connectivity index (χ0) is 21.3. The molecule has 1 aliphatic heterocycles. The quantitative estimate of drug-likeness (QED) is 0.382. The third kappa shape index (κ3) is 3.48. The molecule has 6 nitrogen and oxygen atoms in total. The smallest absolute Gasteiger partial charge is 0.296 e. The van der Waals surface area contributed by atoms with Crippen molar-refractivity contribution in [3.63, 3.8) is 0 Å². The third-order valence-electron chi connectivity index (χ3n) is 5.10. The van der Waals surface area contributed by atoms with Gasteiger partial charge in [-0.05, 0) is 54.3 Å². The van der Waals surface area contributed by atoms with Crippen molar-refractivity contribution in [2.45, 2.75) is 19.5 Å². The number of amides is 1. The molecule has 4 rings (SSSR count). The summed E-state index contributed by atoms with van der Waals surface area (Å²) in [5.41, 5.74) is 1.78. The van der Waals surface area contributed by atoms with Gasteiger partial charge < -0.3 is 14.7 Å². The summed E-state index contributed by atoms with van der Waals surface area (Å²) in [6.45, 7) is 2.08. The lowest BCUT2D eigenvalue weighted by Gasteiger charge is -2.24. The van der Waals surface area contributed by atoms with Gasteiger partial charge in [0.05, 0.1) is 24.9 Å². The molecule has 1 fully saturated rings. The molecule has 1 N–H and O–H groups in total. The summed E-state index contributed by atoms with van der Waals surface area (Å²) in [5.74, 6) is -0.928. The maximum atomic E-state index is 13.0. The fraction of sp³-hybridized carbons (Fsp3) is 0.174. The molecule has 7 heteroatoms. The minimum atomic E-state index is -0.769. The van der Waals surface area contributed by atoms with E-state index in [0.717, 1.165) is 10.4 Å². The van der Waals surface area contributed by atoms with Gasteiger partial charge >= 0.3 is 0 Å². The topological polar surface area (TPSA) is 79.7 Å². The first-order valence-corrected chi connectivity index (χ1v) is 10.3. The second-order valence-electron chi connectivity index (χ2n) is 6.94. The zero-order valence-electron chi connectivity index (χ0n) is 16.5. The highest BCUT2D eigenvalue weighted by molar-refractivity contribution is 7.09. The third-order valence-corrected chi connectivity index (χ3v) is 5.96. The molecule has 0 saturated carbocycles. The number of ketones is 1. The highest BCUT2D eigenvalue weighted by Crippen LogP contribution is 2.40. The number of thiophene rings is 1. The summed E-state index contributed by atoms with van der Waals surface area (Å²) in [4.78, 5) is 32.7. The number of aliphatic hydroxyl groups excluding tert-OH is 1. The van der Waals surface area contributed by atoms with Crippen molar-refractivity contribution in [3.8, 4) is 5.75 Å². The summed E-state index contributed by atoms with van der Waals surface area (Å²) >= 11 is 1.50. The molecular weight excluding hydrogens is 400 g/mol. The number of rotatable bonds is 5. The molecule has 0 spiro atoms. The van der Waals surface area contributed by atoms with Crippen molar-refractivity contribution >= 4 is 28.8 Å². The molecule has 1 aliphatic rings. The van der Waals surface area contributed by atoms with E-state index in [9.17, 15) is 14.7 Å². The van der Waals surface area contributed by atoms with Gasteiger partial charge in [-0.2, -0.15) is 0 Å². The number of aliphatic hydroxyl groups is 1. The summed E-state index contributed by atoms with van der Waals surface area (Å²) in [7, 11) is 1.56. The van der Waals surface area contributed by atoms with E-state index in [1.807, 2.05) is 24.4 Å². The number of likely N-dealkylation sites (tertiary alicyclic amines) is 1. The normalized spacial score (nSPS) is 18.1. The van der Waals surface area contributed by atoms with Crippen LogP contribution in [-0.2, 0) is 16.1 Å². The average molecular weight is 420 g/mol. The fourth-order valence-corrected chi connectivity index (χ4v) is 4.34. The number of Topliss-reactive ketones (excluding diaryl/α,β-unsaturated/α-hetero) is 1. The lowest BCUT2D eigenvalue weighted by Crippen LogP contribution is -2.29. The average Bonchev–Trinajstić information content (AvgIpc) is 3.36. The van der Waals surface area contributed by atoms with Crippen LogP contribution >= 0.6 is 11.3 Å². The van der Waals surface area contributed by atoms with Crippen LogP contribution < -0.4 is 4.74 Å². The number of hydrogen-bond donors (Lipinski definition) is 1. The van der Waals surface area contributed by atoms with Crippen molar-refractivity contribution in [2.75, 3.05) is 7.11 Å². The predicted octanol–water partition coefficient (Wildman–Crippen LogP) is 4.08. The van der Waals surface area contributed by atoms with Gasteiger partial charge in [0.2, 0.25) is 0 Å². The number of aryl methyl sites for hydroxylation is 1. The Balaban J connectivity index is 1.87. The van der Waals surface area contributed by atoms with Crippen LogP contribution in [0.2, 0.25) is 0 Å². The summed E-state index contributed by atoms with van der Waals surface area (Å²) < 4.78 is 5.22. The van der Waals surface area contributed by atoms with E-state index in [0.29, 0.717) is 17.0 Å². The van der Waals surface area contributed by atoms with Crippen molar-refractivity contribution in [1.29, 1.82) is 0 Å². The van der Waals surface area contributed by atoms with Crippen molar-refractivity contribution in [1.82, 2.24) is 9.88 Å². The van der Waals surface area contributed by atoms with Crippen LogP contribution in [0.5, 0.6) is 5.75 Å². The maximum absolute atomic E-state index is 13.0. The van der Waals surface area contributed by atoms with E-state index in [4.69, 9.17) is 4.74 Å². The van der Waals surface area contributed by atoms with Crippen LogP contribution in [0.15, 0.2) is 65.7 Å². The molecule has 1 unspecified atom stereocenters. The Labute approximate surface area is 178 Å². The second kappa shape index (κ2) is 8.12. The molecule has 0 radical (unpaired) electrons. The Morgan fingerprint density at radius 3 is 2.67 bits per heavy atom. The van der Waals surface area contributed by atoms with E-state index in [2.05, 4.69) is 4.98 Å². The number of carbonyl (C=O) groups excluding carboxylic acids is 2. The molecule has 152 valence electrons. The van der Waals surface area contributed by atoms with Crippen molar-refractivity contribution in [2.24, 2.45) is 0 Å². The van der Waals surface area contributed by atoms with Crippen LogP contribution in [-0.4, -0.2) is 33.8 Å². The Morgan fingerprint density at radius 1 is 1.20 bits per heavy atom. The predicted molar refractivity (Wildman–Crippen MR) is 114 cm³/mol. The first-order chi connectivity index (χ1) is 14.5. The number of carbonyl (C=O) groups is 2. The van der Waals surface area contributed by atoms with Gasteiger partial charge in [-0.15, -0.1) is 11.3 Å². The lowest BCUT2D eigenvalue weighted by molar-refractivity contribution is -0.140. The molecule has 1 saturated heterocycles. The van der Waals surface area contributed by atoms with Crippen LogP contribution in [0.3, 0.4) is 0 Å². The van der Waals surface area contributed by atoms with Gasteiger partial charge in [0.25, 0.3) is 11.7 Å². The second-order valence-corrected chi connectivity index (χ2v) is 7.97. The Kier molecular flexibility index (Phi) is 5.37. The molecule has 2 aromatic heterocycles. The number of hydrogen-bond acceptors (Lipinski definition) is 6. The van der Waals surface area contributed by atoms with E-state index >= 15 is 0 Å². The summed E-state index contributed by atoms with van der Waals surface area (Å²) in [6.07, 6.45) is 1.61. The van der Waals surface area contributed by atoms with Crippen LogP contribution in [0.25, 0.3) is 5.76 Å². The molecule has 3 aromatic rings. The van der Waals surface area contributed by atoms with Gasteiger partial charge in [-0.25, -0.2) is 0 Å². The van der Waals surface area contributed by atoms with Crippen LogP contribution in [0.1, 0.15) is 27.7 Å². The van der Waals surface area contributed by atoms with E-state index in [1.54, 1.807) is 49.7 Å². The summed E-state index contributed by atoms with van der Waals surface area (Å²) in [5, 5.41) is 13.1. The molecule has 0 bridgehead atoms. The number of methoxy groups -OCH3 is 1. The Morgan fingerprint density at radius 2 is 2.03 bits per heavy atom. The van der Waals surface area contributed by atoms with Gasteiger partial charge in [-0.3, -0.25) is 14.6 Å². The summed E-state index contributed by atoms with van der Waals surface area (Å²) in [6, 6.07) is 13.5. The van der Waals surface area contributed by atoms with Crippen LogP contribution in [0, 0.1) is 6.92 Å². The molecule has 30 heavy (non-hydrogen) atoms. The highest BCUT2D eigenvalue weighted by Gasteiger charge is 2.46. The van der Waals surface area contributed by atoms with E-state index < -0.39 is 17.7 Å². The molecule has 1 aromatic carbocycles. The van der Waals surface area contributed by atoms with E-state index in [-0.39, 0.29) is 17.9 Å². The largest absolute Gasteiger partial charge is 0.507 e. The number of benzene rings is 1. The zero-order valence-corrected chi connectivity index (χ0v) is 17.3. The molecule has 3 heterocycles. The first kappa shape index (κ1) is 19.8. The maximum Gasteiger partial charge on any atom is 0.296 e. The number of pyridine rings is 1. The van der Waals surface area contributed by atoms with Crippen LogP contribution in [0.4, 0.5) is 0 Å². The van der Waals surface area contributed by atoms with Crippen molar-refractivity contribution < 1.29 is 19.4 Å².